The fraction of sp³-hybridized carbons (Fsp3) is 0.364. The third kappa shape index (κ3) is 4.45. The summed E-state index contributed by atoms with van der Waals surface area (Å²) in [4.78, 5) is 10.2. The van der Waals surface area contributed by atoms with Crippen molar-refractivity contribution in [1.82, 2.24) is 4.72 Å². The Kier molecular flexibility index (Phi) is 5.28. The summed E-state index contributed by atoms with van der Waals surface area (Å²) in [5.41, 5.74) is 0. The average Bonchev–Trinajstić information content (AvgIpc) is 2.31. The van der Waals surface area contributed by atoms with Gasteiger partial charge in [0.1, 0.15) is 10.7 Å². The van der Waals surface area contributed by atoms with Crippen molar-refractivity contribution in [3.63, 3.8) is 0 Å². The molecule has 0 heterocycles. The number of carboxylic acid groups (broad SMARTS) is 1. The van der Waals surface area contributed by atoms with Crippen LogP contribution in [0.4, 0.5) is 4.39 Å². The highest BCUT2D eigenvalue weighted by atomic mass is 35.5. The Morgan fingerprint density at radius 1 is 1.53 bits per heavy atom. The first-order valence-corrected chi connectivity index (χ1v) is 7.27. The molecule has 2 N–H and O–H groups in total. The molecule has 1 rings (SSSR count). The van der Waals surface area contributed by atoms with Gasteiger partial charge in [-0.05, 0) is 24.6 Å². The van der Waals surface area contributed by atoms with Crippen molar-refractivity contribution in [1.29, 1.82) is 0 Å². The van der Waals surface area contributed by atoms with Crippen LogP contribution in [0.2, 0.25) is 5.02 Å². The third-order valence-corrected chi connectivity index (χ3v) is 4.42. The zero-order chi connectivity index (χ0) is 14.6. The molecule has 0 aliphatic rings. The Morgan fingerprint density at radius 3 is 2.74 bits per heavy atom. The Labute approximate surface area is 115 Å². The second-order valence-electron chi connectivity index (χ2n) is 4.00. The number of hydrogen-bond acceptors (Lipinski definition) is 3. The molecule has 0 saturated carbocycles. The number of sulfonamides is 1. The lowest BCUT2D eigenvalue weighted by Gasteiger charge is -2.10. The molecular weight excluding hydrogens is 297 g/mol. The van der Waals surface area contributed by atoms with E-state index in [-0.39, 0.29) is 22.9 Å². The highest BCUT2D eigenvalue weighted by Gasteiger charge is 2.19. The summed E-state index contributed by atoms with van der Waals surface area (Å²) in [6, 6.07) is 3.00. The van der Waals surface area contributed by atoms with Gasteiger partial charge in [0.05, 0.1) is 10.9 Å². The van der Waals surface area contributed by atoms with Gasteiger partial charge in [-0.15, -0.1) is 0 Å². The number of carboxylic acids is 1. The van der Waals surface area contributed by atoms with Gasteiger partial charge < -0.3 is 5.11 Å². The van der Waals surface area contributed by atoms with Crippen molar-refractivity contribution < 1.29 is 22.7 Å². The number of hydrogen-bond donors (Lipinski definition) is 2. The zero-order valence-corrected chi connectivity index (χ0v) is 11.6. The van der Waals surface area contributed by atoms with Crippen LogP contribution in [0.5, 0.6) is 0 Å². The molecule has 0 saturated heterocycles. The van der Waals surface area contributed by atoms with Crippen LogP contribution in [0.15, 0.2) is 23.1 Å². The minimum absolute atomic E-state index is 0.0668. The van der Waals surface area contributed by atoms with Crippen LogP contribution >= 0.6 is 11.6 Å². The summed E-state index contributed by atoms with van der Waals surface area (Å²) in [6.07, 6.45) is 0.126. The van der Waals surface area contributed by atoms with Gasteiger partial charge in [-0.2, -0.15) is 0 Å². The molecule has 8 heteroatoms. The molecule has 5 nitrogen and oxygen atoms in total. The summed E-state index contributed by atoms with van der Waals surface area (Å²) >= 11 is 5.69. The monoisotopic (exact) mass is 309 g/mol. The van der Waals surface area contributed by atoms with Crippen LogP contribution in [0, 0.1) is 11.7 Å². The second kappa shape index (κ2) is 6.31. The molecule has 0 bridgehead atoms. The molecule has 19 heavy (non-hydrogen) atoms. The first kappa shape index (κ1) is 15.9. The lowest BCUT2D eigenvalue weighted by Crippen LogP contribution is -2.27. The van der Waals surface area contributed by atoms with E-state index in [1.54, 1.807) is 0 Å². The number of carbonyl (C=O) groups is 1. The van der Waals surface area contributed by atoms with E-state index in [0.717, 1.165) is 18.2 Å². The largest absolute Gasteiger partial charge is 0.481 e. The molecule has 0 radical (unpaired) electrons. The normalized spacial score (nSPS) is 13.2. The number of halogens is 2. The van der Waals surface area contributed by atoms with Crippen molar-refractivity contribution in [2.45, 2.75) is 18.2 Å². The molecule has 0 spiro atoms. The lowest BCUT2D eigenvalue weighted by atomic mass is 10.1. The van der Waals surface area contributed by atoms with Crippen molar-refractivity contribution in [3.8, 4) is 0 Å². The molecule has 0 aromatic heterocycles. The standard InChI is InChI=1S/C11H13ClFNO4S/c1-7(11(15)16)4-5-14-19(17,18)10-6-8(13)2-3-9(10)12/h2-3,6-7,14H,4-5H2,1H3,(H,15,16). The van der Waals surface area contributed by atoms with E-state index in [4.69, 9.17) is 16.7 Å². The smallest absolute Gasteiger partial charge is 0.306 e. The van der Waals surface area contributed by atoms with Crippen molar-refractivity contribution in [3.05, 3.63) is 29.0 Å². The van der Waals surface area contributed by atoms with Gasteiger partial charge in [0, 0.05) is 6.54 Å². The molecule has 0 aliphatic carbocycles. The topological polar surface area (TPSA) is 83.5 Å². The van der Waals surface area contributed by atoms with Gasteiger partial charge in [0.25, 0.3) is 0 Å². The number of nitrogens with one attached hydrogen (secondary N) is 1. The average molecular weight is 310 g/mol. The van der Waals surface area contributed by atoms with Crippen LogP contribution in [0.1, 0.15) is 13.3 Å². The van der Waals surface area contributed by atoms with E-state index in [1.165, 1.54) is 6.92 Å². The van der Waals surface area contributed by atoms with Crippen LogP contribution < -0.4 is 4.72 Å². The fourth-order valence-corrected chi connectivity index (χ4v) is 2.85. The first-order chi connectivity index (χ1) is 8.74. The Bertz CT molecular complexity index is 576. The van der Waals surface area contributed by atoms with Crippen molar-refractivity contribution in [2.75, 3.05) is 6.54 Å². The molecular formula is C11H13ClFNO4S. The minimum Gasteiger partial charge on any atom is -0.481 e. The predicted octanol–water partition coefficient (Wildman–Crippen LogP) is 1.87. The molecule has 0 amide bonds. The summed E-state index contributed by atoms with van der Waals surface area (Å²) in [5, 5.41) is 8.56. The molecule has 1 unspecified atom stereocenters. The summed E-state index contributed by atoms with van der Waals surface area (Å²) in [5.74, 6) is -2.41. The van der Waals surface area contributed by atoms with E-state index in [9.17, 15) is 17.6 Å². The molecule has 0 fully saturated rings. The molecule has 106 valence electrons. The summed E-state index contributed by atoms with van der Waals surface area (Å²) in [7, 11) is -3.95. The van der Waals surface area contributed by atoms with Crippen LogP contribution in [0.3, 0.4) is 0 Å². The third-order valence-electron chi connectivity index (χ3n) is 2.47. The van der Waals surface area contributed by atoms with E-state index in [2.05, 4.69) is 4.72 Å². The Hall–Kier alpha value is -1.18. The molecule has 1 aromatic carbocycles. The SMILES string of the molecule is CC(CCNS(=O)(=O)c1cc(F)ccc1Cl)C(=O)O. The lowest BCUT2D eigenvalue weighted by molar-refractivity contribution is -0.141. The van der Waals surface area contributed by atoms with Gasteiger partial charge in [-0.3, -0.25) is 4.79 Å². The van der Waals surface area contributed by atoms with Gasteiger partial charge in [-0.25, -0.2) is 17.5 Å². The Balaban J connectivity index is 2.76. The van der Waals surface area contributed by atoms with E-state index in [0.29, 0.717) is 0 Å². The highest BCUT2D eigenvalue weighted by Crippen LogP contribution is 2.21. The zero-order valence-electron chi connectivity index (χ0n) is 10.1. The first-order valence-electron chi connectivity index (χ1n) is 5.41. The van der Waals surface area contributed by atoms with Crippen molar-refractivity contribution in [2.24, 2.45) is 5.92 Å². The highest BCUT2D eigenvalue weighted by molar-refractivity contribution is 7.89. The molecule has 0 aliphatic heterocycles. The quantitative estimate of drug-likeness (QED) is 0.840. The fourth-order valence-electron chi connectivity index (χ4n) is 1.29. The summed E-state index contributed by atoms with van der Waals surface area (Å²) < 4.78 is 38.9. The van der Waals surface area contributed by atoms with Gasteiger partial charge in [0.2, 0.25) is 10.0 Å². The number of aliphatic carboxylic acids is 1. The number of benzene rings is 1. The van der Waals surface area contributed by atoms with E-state index < -0.39 is 27.7 Å². The predicted molar refractivity (Wildman–Crippen MR) is 68.0 cm³/mol. The maximum Gasteiger partial charge on any atom is 0.306 e. The van der Waals surface area contributed by atoms with Gasteiger partial charge in [-0.1, -0.05) is 18.5 Å². The maximum absolute atomic E-state index is 13.0. The van der Waals surface area contributed by atoms with Gasteiger partial charge >= 0.3 is 5.97 Å². The van der Waals surface area contributed by atoms with Crippen LogP contribution in [0.25, 0.3) is 0 Å². The van der Waals surface area contributed by atoms with Gasteiger partial charge in [0.15, 0.2) is 0 Å². The second-order valence-corrected chi connectivity index (χ2v) is 6.14. The minimum atomic E-state index is -3.95. The van der Waals surface area contributed by atoms with Crippen molar-refractivity contribution >= 4 is 27.6 Å². The summed E-state index contributed by atoms with van der Waals surface area (Å²) in [6.45, 7) is 1.40. The number of rotatable bonds is 6. The molecule has 1 atom stereocenters. The van der Waals surface area contributed by atoms with Crippen LogP contribution in [-0.2, 0) is 14.8 Å². The van der Waals surface area contributed by atoms with E-state index in [1.807, 2.05) is 0 Å². The van der Waals surface area contributed by atoms with E-state index >= 15 is 0 Å². The maximum atomic E-state index is 13.0. The Morgan fingerprint density at radius 2 is 2.16 bits per heavy atom. The molecule has 1 aromatic rings. The van der Waals surface area contributed by atoms with Crippen LogP contribution in [-0.4, -0.2) is 26.0 Å².